The number of aromatic amines is 1. The molecule has 2 aliphatic rings. The number of hydrogen-bond acceptors (Lipinski definition) is 3. The second-order valence-corrected chi connectivity index (χ2v) is 7.85. The zero-order chi connectivity index (χ0) is 19.7. The van der Waals surface area contributed by atoms with Crippen LogP contribution in [-0.2, 0) is 4.74 Å². The summed E-state index contributed by atoms with van der Waals surface area (Å²) in [4.78, 5) is 19.8. The van der Waals surface area contributed by atoms with Crippen LogP contribution in [0.25, 0.3) is 10.9 Å². The first kappa shape index (κ1) is 19.3. The standard InChI is InChI=1S/C21H27F2N3O2/c1-2-28-13-18-12-21(22,23)14-26(18)17-6-9-25(10-7-17)20(27)16-4-3-15-5-8-24-19(15)11-16/h3-5,8,11,17-18,24H,2,6-7,9-10,12-14H2,1H3/t18-/m0/s1. The summed E-state index contributed by atoms with van der Waals surface area (Å²) in [6, 6.07) is 7.48. The van der Waals surface area contributed by atoms with Crippen LogP contribution in [0.15, 0.2) is 30.5 Å². The number of fused-ring (bicyclic) bond motifs is 1. The summed E-state index contributed by atoms with van der Waals surface area (Å²) in [5.41, 5.74) is 1.61. The normalized spacial score (nSPS) is 23.5. The highest BCUT2D eigenvalue weighted by Gasteiger charge is 2.47. The summed E-state index contributed by atoms with van der Waals surface area (Å²) in [6.45, 7) is 3.75. The Morgan fingerprint density at radius 1 is 1.29 bits per heavy atom. The maximum Gasteiger partial charge on any atom is 0.262 e. The van der Waals surface area contributed by atoms with Crippen molar-refractivity contribution in [1.82, 2.24) is 14.8 Å². The zero-order valence-electron chi connectivity index (χ0n) is 16.2. The highest BCUT2D eigenvalue weighted by molar-refractivity contribution is 5.98. The van der Waals surface area contributed by atoms with E-state index in [9.17, 15) is 13.6 Å². The number of ether oxygens (including phenoxy) is 1. The van der Waals surface area contributed by atoms with Gasteiger partial charge in [-0.3, -0.25) is 9.69 Å². The largest absolute Gasteiger partial charge is 0.380 e. The number of carbonyl (C=O) groups excluding carboxylic acids is 1. The minimum atomic E-state index is -2.65. The molecule has 1 aromatic carbocycles. The fraction of sp³-hybridized carbons (Fsp3) is 0.571. The van der Waals surface area contributed by atoms with Crippen molar-refractivity contribution in [3.8, 4) is 0 Å². The quantitative estimate of drug-likeness (QED) is 0.849. The van der Waals surface area contributed by atoms with Crippen molar-refractivity contribution >= 4 is 16.8 Å². The number of H-pyrrole nitrogens is 1. The highest BCUT2D eigenvalue weighted by Crippen LogP contribution is 2.36. The van der Waals surface area contributed by atoms with Gasteiger partial charge in [0.15, 0.2) is 0 Å². The van der Waals surface area contributed by atoms with E-state index in [1.54, 1.807) is 0 Å². The molecular formula is C21H27F2N3O2. The van der Waals surface area contributed by atoms with Crippen LogP contribution in [0.4, 0.5) is 8.78 Å². The average molecular weight is 391 g/mol. The Morgan fingerprint density at radius 2 is 2.07 bits per heavy atom. The van der Waals surface area contributed by atoms with Crippen LogP contribution in [0.3, 0.4) is 0 Å². The number of rotatable bonds is 5. The number of benzene rings is 1. The molecule has 0 radical (unpaired) electrons. The lowest BCUT2D eigenvalue weighted by Gasteiger charge is -2.39. The lowest BCUT2D eigenvalue weighted by molar-refractivity contribution is 0.00272. The number of hydrogen-bond donors (Lipinski definition) is 1. The lowest BCUT2D eigenvalue weighted by atomic mass is 10.0. The van der Waals surface area contributed by atoms with Crippen LogP contribution in [0.1, 0.15) is 36.5 Å². The van der Waals surface area contributed by atoms with Gasteiger partial charge in [-0.1, -0.05) is 6.07 Å². The van der Waals surface area contributed by atoms with Gasteiger partial charge in [-0.15, -0.1) is 0 Å². The maximum atomic E-state index is 14.0. The number of piperidine rings is 1. The fourth-order valence-electron chi connectivity index (χ4n) is 4.52. The summed E-state index contributed by atoms with van der Waals surface area (Å²) >= 11 is 0. The van der Waals surface area contributed by atoms with Gasteiger partial charge in [-0.2, -0.15) is 0 Å². The number of aromatic nitrogens is 1. The molecule has 0 aliphatic carbocycles. The van der Waals surface area contributed by atoms with Gasteiger partial charge in [0.2, 0.25) is 0 Å². The molecule has 2 aromatic rings. The summed E-state index contributed by atoms with van der Waals surface area (Å²) in [7, 11) is 0. The third-order valence-corrected chi connectivity index (χ3v) is 5.95. The molecule has 28 heavy (non-hydrogen) atoms. The monoisotopic (exact) mass is 391 g/mol. The summed E-state index contributed by atoms with van der Waals surface area (Å²) in [5, 5.41) is 1.07. The first-order valence-electron chi connectivity index (χ1n) is 10.0. The second-order valence-electron chi connectivity index (χ2n) is 7.85. The van der Waals surface area contributed by atoms with E-state index in [2.05, 4.69) is 4.98 Å². The Morgan fingerprint density at radius 3 is 2.82 bits per heavy atom. The molecule has 0 unspecified atom stereocenters. The van der Waals surface area contributed by atoms with Crippen molar-refractivity contribution < 1.29 is 18.3 Å². The van der Waals surface area contributed by atoms with E-state index in [0.29, 0.717) is 31.9 Å². The van der Waals surface area contributed by atoms with Crippen molar-refractivity contribution in [3.05, 3.63) is 36.0 Å². The van der Waals surface area contributed by atoms with E-state index in [-0.39, 0.29) is 31.0 Å². The smallest absolute Gasteiger partial charge is 0.262 e. The van der Waals surface area contributed by atoms with E-state index in [0.717, 1.165) is 23.7 Å². The molecule has 1 N–H and O–H groups in total. The van der Waals surface area contributed by atoms with E-state index in [1.165, 1.54) is 0 Å². The zero-order valence-corrected chi connectivity index (χ0v) is 16.2. The molecular weight excluding hydrogens is 364 g/mol. The average Bonchev–Trinajstić information content (AvgIpc) is 3.28. The molecule has 7 heteroatoms. The number of alkyl halides is 2. The van der Waals surface area contributed by atoms with Crippen LogP contribution in [0.2, 0.25) is 0 Å². The van der Waals surface area contributed by atoms with Gasteiger partial charge in [0.05, 0.1) is 13.2 Å². The second kappa shape index (κ2) is 7.79. The van der Waals surface area contributed by atoms with Gasteiger partial charge in [0.25, 0.3) is 11.8 Å². The predicted molar refractivity (Wildman–Crippen MR) is 104 cm³/mol. The van der Waals surface area contributed by atoms with Gasteiger partial charge in [-0.25, -0.2) is 8.78 Å². The molecule has 5 nitrogen and oxygen atoms in total. The Labute approximate surface area is 163 Å². The minimum Gasteiger partial charge on any atom is -0.380 e. The number of nitrogens with one attached hydrogen (secondary N) is 1. The SMILES string of the molecule is CCOC[C@@H]1CC(F)(F)CN1C1CCN(C(=O)c2ccc3cc[nH]c3c2)CC1. The minimum absolute atomic E-state index is 0.00701. The van der Waals surface area contributed by atoms with Crippen LogP contribution in [0, 0.1) is 0 Å². The number of amides is 1. The molecule has 4 rings (SSSR count). The molecule has 0 spiro atoms. The number of nitrogens with zero attached hydrogens (tertiary/aromatic N) is 2. The molecule has 152 valence electrons. The number of likely N-dealkylation sites (tertiary alicyclic amines) is 2. The van der Waals surface area contributed by atoms with Gasteiger partial charge >= 0.3 is 0 Å². The molecule has 1 atom stereocenters. The van der Waals surface area contributed by atoms with Crippen molar-refractivity contribution in [2.24, 2.45) is 0 Å². The van der Waals surface area contributed by atoms with Gasteiger partial charge < -0.3 is 14.6 Å². The van der Waals surface area contributed by atoms with Crippen LogP contribution < -0.4 is 0 Å². The van der Waals surface area contributed by atoms with Crippen molar-refractivity contribution in [2.45, 2.75) is 44.2 Å². The van der Waals surface area contributed by atoms with Gasteiger partial charge in [0, 0.05) is 55.5 Å². The van der Waals surface area contributed by atoms with Crippen LogP contribution >= 0.6 is 0 Å². The Bertz CT molecular complexity index is 830. The fourth-order valence-corrected chi connectivity index (χ4v) is 4.52. The Kier molecular flexibility index (Phi) is 5.38. The van der Waals surface area contributed by atoms with Crippen molar-refractivity contribution in [3.63, 3.8) is 0 Å². The molecule has 0 bridgehead atoms. The van der Waals surface area contributed by atoms with E-state index in [4.69, 9.17) is 4.74 Å². The Balaban J connectivity index is 1.38. The first-order valence-corrected chi connectivity index (χ1v) is 10.0. The molecule has 1 amide bonds. The lowest BCUT2D eigenvalue weighted by Crippen LogP contribution is -2.49. The first-order chi connectivity index (χ1) is 13.5. The Hall–Kier alpha value is -1.99. The number of carbonyl (C=O) groups is 1. The van der Waals surface area contributed by atoms with Crippen LogP contribution in [-0.4, -0.2) is 71.5 Å². The van der Waals surface area contributed by atoms with Crippen LogP contribution in [0.5, 0.6) is 0 Å². The molecule has 3 heterocycles. The van der Waals surface area contributed by atoms with E-state index >= 15 is 0 Å². The van der Waals surface area contributed by atoms with Gasteiger partial charge in [-0.05, 0) is 43.4 Å². The third-order valence-electron chi connectivity index (χ3n) is 5.95. The number of halogens is 2. The van der Waals surface area contributed by atoms with Gasteiger partial charge in [0.1, 0.15) is 0 Å². The van der Waals surface area contributed by atoms with Crippen molar-refractivity contribution in [2.75, 3.05) is 32.8 Å². The molecule has 2 aliphatic heterocycles. The summed E-state index contributed by atoms with van der Waals surface area (Å²) in [5.74, 6) is -2.65. The molecule has 2 fully saturated rings. The molecule has 0 saturated carbocycles. The predicted octanol–water partition coefficient (Wildman–Crippen LogP) is 3.52. The van der Waals surface area contributed by atoms with E-state index in [1.807, 2.05) is 47.2 Å². The molecule has 2 saturated heterocycles. The highest BCUT2D eigenvalue weighted by atomic mass is 19.3. The topological polar surface area (TPSA) is 48.6 Å². The van der Waals surface area contributed by atoms with E-state index < -0.39 is 5.92 Å². The molecule has 1 aromatic heterocycles. The van der Waals surface area contributed by atoms with Crippen molar-refractivity contribution in [1.29, 1.82) is 0 Å². The summed E-state index contributed by atoms with van der Waals surface area (Å²) < 4.78 is 33.4. The summed E-state index contributed by atoms with van der Waals surface area (Å²) in [6.07, 6.45) is 3.15. The maximum absolute atomic E-state index is 14.0. The third kappa shape index (κ3) is 3.91.